The number of benzene rings is 1. The fraction of sp³-hybridized carbons (Fsp3) is 0.583. The molecular formula is C24H27F3N4O. The third kappa shape index (κ3) is 3.13. The lowest BCUT2D eigenvalue weighted by atomic mass is 9.75. The van der Waals surface area contributed by atoms with Crippen molar-refractivity contribution in [2.75, 3.05) is 11.9 Å². The molecule has 2 N–H and O–H groups in total. The van der Waals surface area contributed by atoms with E-state index in [1.807, 2.05) is 30.3 Å². The Hall–Kier alpha value is -2.51. The molecule has 8 heteroatoms. The molecule has 4 atom stereocenters. The lowest BCUT2D eigenvalue weighted by molar-refractivity contribution is -0.173. The van der Waals surface area contributed by atoms with E-state index in [-0.39, 0.29) is 29.1 Å². The number of carbonyl (C=O) groups excluding carboxylic acids is 1. The van der Waals surface area contributed by atoms with Crippen molar-refractivity contribution >= 4 is 11.7 Å². The number of hydrogen-bond donors (Lipinski definition) is 2. The van der Waals surface area contributed by atoms with Crippen LogP contribution in [-0.2, 0) is 0 Å². The van der Waals surface area contributed by atoms with E-state index in [4.69, 9.17) is 0 Å². The Kier molecular flexibility index (Phi) is 4.40. The van der Waals surface area contributed by atoms with Crippen LogP contribution in [0.3, 0.4) is 0 Å². The highest BCUT2D eigenvalue weighted by Gasteiger charge is 2.57. The van der Waals surface area contributed by atoms with Crippen molar-refractivity contribution in [3.63, 3.8) is 0 Å². The van der Waals surface area contributed by atoms with Crippen LogP contribution in [0, 0.1) is 23.2 Å². The maximum atomic E-state index is 13.9. The third-order valence-electron chi connectivity index (χ3n) is 8.44. The molecule has 2 heterocycles. The molecule has 5 aliphatic rings. The molecule has 0 radical (unpaired) electrons. The van der Waals surface area contributed by atoms with E-state index in [1.165, 1.54) is 38.3 Å². The van der Waals surface area contributed by atoms with Gasteiger partial charge in [0.15, 0.2) is 6.04 Å². The van der Waals surface area contributed by atoms with Gasteiger partial charge in [0, 0.05) is 13.0 Å². The van der Waals surface area contributed by atoms with Gasteiger partial charge in [0.05, 0.1) is 12.2 Å². The predicted octanol–water partition coefficient (Wildman–Crippen LogP) is 5.10. The molecule has 2 aromatic rings. The molecule has 1 aliphatic heterocycles. The van der Waals surface area contributed by atoms with Crippen LogP contribution in [0.2, 0.25) is 0 Å². The summed E-state index contributed by atoms with van der Waals surface area (Å²) < 4.78 is 42.5. The molecule has 0 saturated heterocycles. The number of hydrogen-bond acceptors (Lipinski definition) is 3. The number of carbonyl (C=O) groups is 1. The van der Waals surface area contributed by atoms with Gasteiger partial charge < -0.3 is 10.6 Å². The average molecular weight is 445 g/mol. The first-order chi connectivity index (χ1) is 15.3. The van der Waals surface area contributed by atoms with Gasteiger partial charge in [0.2, 0.25) is 0 Å². The van der Waals surface area contributed by atoms with Gasteiger partial charge >= 0.3 is 6.18 Å². The SMILES string of the molecule is O=C(NCC12C[C@@H]3CC1C[C@H](C3)C2)c1cnn2c1N[C@H](c1ccccc1)C[C@@H]2C(F)(F)F. The van der Waals surface area contributed by atoms with Gasteiger partial charge in [-0.25, -0.2) is 4.68 Å². The van der Waals surface area contributed by atoms with Gasteiger partial charge in [-0.3, -0.25) is 4.79 Å². The lowest BCUT2D eigenvalue weighted by Gasteiger charge is -2.34. The lowest BCUT2D eigenvalue weighted by Crippen LogP contribution is -2.39. The van der Waals surface area contributed by atoms with Crippen molar-refractivity contribution in [3.8, 4) is 0 Å². The van der Waals surface area contributed by atoms with Crippen LogP contribution in [0.1, 0.15) is 66.5 Å². The van der Waals surface area contributed by atoms with Gasteiger partial charge in [-0.2, -0.15) is 18.3 Å². The second-order valence-corrected chi connectivity index (χ2v) is 10.3. The Morgan fingerprint density at radius 3 is 2.53 bits per heavy atom. The first-order valence-corrected chi connectivity index (χ1v) is 11.6. The van der Waals surface area contributed by atoms with Crippen LogP contribution in [-0.4, -0.2) is 28.4 Å². The quantitative estimate of drug-likeness (QED) is 0.690. The predicted molar refractivity (Wildman–Crippen MR) is 113 cm³/mol. The zero-order valence-electron chi connectivity index (χ0n) is 17.7. The van der Waals surface area contributed by atoms with Crippen molar-refractivity contribution in [1.82, 2.24) is 15.1 Å². The highest BCUT2D eigenvalue weighted by molar-refractivity contribution is 5.99. The normalized spacial score (nSPS) is 34.9. The summed E-state index contributed by atoms with van der Waals surface area (Å²) in [6, 6.07) is 6.75. The Bertz CT molecular complexity index is 1020. The fourth-order valence-electron chi connectivity index (χ4n) is 7.24. The summed E-state index contributed by atoms with van der Waals surface area (Å²) in [7, 11) is 0. The number of nitrogens with zero attached hydrogens (tertiary/aromatic N) is 2. The first-order valence-electron chi connectivity index (χ1n) is 11.6. The second kappa shape index (κ2) is 6.99. The van der Waals surface area contributed by atoms with Crippen molar-refractivity contribution in [1.29, 1.82) is 0 Å². The zero-order chi connectivity index (χ0) is 22.1. The maximum absolute atomic E-state index is 13.9. The van der Waals surface area contributed by atoms with Crippen molar-refractivity contribution in [2.24, 2.45) is 23.2 Å². The van der Waals surface area contributed by atoms with Crippen LogP contribution in [0.4, 0.5) is 19.0 Å². The largest absolute Gasteiger partial charge is 0.410 e. The van der Waals surface area contributed by atoms with Crippen LogP contribution in [0.15, 0.2) is 36.5 Å². The van der Waals surface area contributed by atoms with Gasteiger partial charge in [-0.1, -0.05) is 30.3 Å². The summed E-state index contributed by atoms with van der Waals surface area (Å²) in [6.45, 7) is 0.610. The third-order valence-corrected chi connectivity index (χ3v) is 8.44. The van der Waals surface area contributed by atoms with E-state index < -0.39 is 18.3 Å². The van der Waals surface area contributed by atoms with Gasteiger partial charge in [0.1, 0.15) is 11.4 Å². The number of aromatic nitrogens is 2. The Morgan fingerprint density at radius 1 is 1.12 bits per heavy atom. The Morgan fingerprint density at radius 2 is 1.84 bits per heavy atom. The molecule has 170 valence electrons. The summed E-state index contributed by atoms with van der Waals surface area (Å²) in [5.74, 6) is 2.07. The Labute approximate surface area is 184 Å². The molecule has 1 amide bonds. The number of fused-ring (bicyclic) bond motifs is 1. The Balaban J connectivity index is 1.26. The van der Waals surface area contributed by atoms with E-state index in [0.717, 1.165) is 22.1 Å². The van der Waals surface area contributed by atoms with E-state index in [9.17, 15) is 18.0 Å². The number of nitrogens with one attached hydrogen (secondary N) is 2. The molecule has 4 saturated carbocycles. The molecule has 4 aliphatic carbocycles. The van der Waals surface area contributed by atoms with Crippen molar-refractivity contribution in [2.45, 2.75) is 56.8 Å². The molecule has 7 rings (SSSR count). The van der Waals surface area contributed by atoms with Gasteiger partial charge in [0.25, 0.3) is 5.91 Å². The number of anilines is 1. The zero-order valence-corrected chi connectivity index (χ0v) is 17.7. The molecule has 0 unspecified atom stereocenters. The fourth-order valence-corrected chi connectivity index (χ4v) is 7.24. The maximum Gasteiger partial charge on any atom is 0.410 e. The summed E-state index contributed by atoms with van der Waals surface area (Å²) in [6.07, 6.45) is 2.86. The molecule has 4 fully saturated rings. The molecule has 32 heavy (non-hydrogen) atoms. The van der Waals surface area contributed by atoms with Crippen molar-refractivity contribution < 1.29 is 18.0 Å². The molecule has 0 spiro atoms. The van der Waals surface area contributed by atoms with Crippen molar-refractivity contribution in [3.05, 3.63) is 47.7 Å². The number of alkyl halides is 3. The van der Waals surface area contributed by atoms with E-state index in [2.05, 4.69) is 15.7 Å². The summed E-state index contributed by atoms with van der Waals surface area (Å²) in [4.78, 5) is 13.1. The average Bonchev–Trinajstić information content (AvgIpc) is 3.37. The number of rotatable bonds is 4. The molecule has 4 bridgehead atoms. The van der Waals surface area contributed by atoms with E-state index >= 15 is 0 Å². The van der Waals surface area contributed by atoms with Crippen LogP contribution >= 0.6 is 0 Å². The minimum atomic E-state index is -4.45. The van der Waals surface area contributed by atoms with E-state index in [1.54, 1.807) is 0 Å². The number of amides is 1. The molecular weight excluding hydrogens is 417 g/mol. The van der Waals surface area contributed by atoms with Crippen LogP contribution in [0.5, 0.6) is 0 Å². The molecule has 1 aromatic carbocycles. The van der Waals surface area contributed by atoms with Gasteiger partial charge in [-0.15, -0.1) is 0 Å². The topological polar surface area (TPSA) is 59.0 Å². The minimum Gasteiger partial charge on any atom is -0.363 e. The number of halogens is 3. The smallest absolute Gasteiger partial charge is 0.363 e. The summed E-state index contributed by atoms with van der Waals surface area (Å²) in [5, 5.41) is 10.2. The first kappa shape index (κ1) is 20.1. The van der Waals surface area contributed by atoms with E-state index in [0.29, 0.717) is 12.5 Å². The van der Waals surface area contributed by atoms with Gasteiger partial charge in [-0.05, 0) is 60.8 Å². The monoisotopic (exact) mass is 444 g/mol. The standard InChI is InChI=1S/C24H27F3N4O/c25-24(26,27)20-9-19(16-4-2-1-3-5-16)30-21-18(12-29-31(20)21)22(32)28-13-23-10-14-6-15(11-23)8-17(23)7-14/h1-5,12,14-15,17,19-20,30H,6-11,13H2,(H,28,32)/t14-,15-,17?,19-,20+,23?/m0/s1. The molecule has 5 nitrogen and oxygen atoms in total. The minimum absolute atomic E-state index is 0.152. The molecule has 1 aromatic heterocycles. The second-order valence-electron chi connectivity index (χ2n) is 10.3. The summed E-state index contributed by atoms with van der Waals surface area (Å²) in [5.41, 5.74) is 1.14. The highest BCUT2D eigenvalue weighted by atomic mass is 19.4. The highest BCUT2D eigenvalue weighted by Crippen LogP contribution is 2.65. The van der Waals surface area contributed by atoms with Crippen LogP contribution in [0.25, 0.3) is 0 Å². The summed E-state index contributed by atoms with van der Waals surface area (Å²) >= 11 is 0. The van der Waals surface area contributed by atoms with Crippen LogP contribution < -0.4 is 10.6 Å².